The van der Waals surface area contributed by atoms with E-state index >= 15 is 0 Å². The minimum absolute atomic E-state index is 0.0643. The second-order valence-electron chi connectivity index (χ2n) is 7.49. The molecular weight excluding hydrogens is 226 g/mol. The van der Waals surface area contributed by atoms with Crippen LogP contribution in [0.25, 0.3) is 0 Å². The highest BCUT2D eigenvalue weighted by Gasteiger charge is 2.55. The number of amides is 1. The molecule has 4 bridgehead atoms. The van der Waals surface area contributed by atoms with Crippen LogP contribution in [0.5, 0.6) is 0 Å². The van der Waals surface area contributed by atoms with Crippen LogP contribution in [0.1, 0.15) is 51.4 Å². The minimum atomic E-state index is -0.406. The monoisotopic (exact) mass is 249 g/mol. The van der Waals surface area contributed by atoms with Crippen molar-refractivity contribution in [3.8, 4) is 0 Å². The van der Waals surface area contributed by atoms with Gasteiger partial charge in [-0.05, 0) is 68.1 Å². The van der Waals surface area contributed by atoms with Gasteiger partial charge in [0, 0.05) is 6.04 Å². The number of hydrogen-bond acceptors (Lipinski definition) is 2. The van der Waals surface area contributed by atoms with Gasteiger partial charge >= 0.3 is 0 Å². The zero-order valence-electron chi connectivity index (χ0n) is 10.9. The average molecular weight is 249 g/mol. The van der Waals surface area contributed by atoms with Gasteiger partial charge in [-0.3, -0.25) is 4.79 Å². The zero-order valence-corrected chi connectivity index (χ0v) is 10.9. The van der Waals surface area contributed by atoms with Gasteiger partial charge in [0.25, 0.3) is 0 Å². The van der Waals surface area contributed by atoms with E-state index in [1.54, 1.807) is 0 Å². The van der Waals surface area contributed by atoms with Crippen molar-refractivity contribution in [1.82, 2.24) is 5.32 Å². The Kier molecular flexibility index (Phi) is 2.33. The van der Waals surface area contributed by atoms with E-state index in [-0.39, 0.29) is 11.9 Å². The van der Waals surface area contributed by atoms with Gasteiger partial charge in [0.2, 0.25) is 5.91 Å². The topological polar surface area (TPSA) is 49.3 Å². The number of carbonyl (C=O) groups excluding carboxylic acids is 1. The molecule has 5 aliphatic rings. The first-order valence-corrected chi connectivity index (χ1v) is 7.60. The third kappa shape index (κ3) is 1.63. The van der Waals surface area contributed by atoms with E-state index in [0.29, 0.717) is 11.8 Å². The lowest BCUT2D eigenvalue weighted by Gasteiger charge is -2.60. The van der Waals surface area contributed by atoms with Crippen LogP contribution < -0.4 is 5.32 Å². The predicted molar refractivity (Wildman–Crippen MR) is 67.8 cm³/mol. The highest BCUT2D eigenvalue weighted by atomic mass is 16.3. The van der Waals surface area contributed by atoms with Crippen LogP contribution in [0.4, 0.5) is 0 Å². The largest absolute Gasteiger partial charge is 0.393 e. The number of rotatable bonds is 1. The van der Waals surface area contributed by atoms with Crippen LogP contribution in [0.15, 0.2) is 0 Å². The van der Waals surface area contributed by atoms with E-state index in [1.165, 1.54) is 38.5 Å². The molecule has 100 valence electrons. The second-order valence-corrected chi connectivity index (χ2v) is 7.49. The number of carbonyl (C=O) groups is 1. The van der Waals surface area contributed by atoms with Gasteiger partial charge in [-0.1, -0.05) is 0 Å². The minimum Gasteiger partial charge on any atom is -0.393 e. The van der Waals surface area contributed by atoms with Crippen LogP contribution in [0, 0.1) is 23.2 Å². The number of piperidine rings is 1. The van der Waals surface area contributed by atoms with Crippen LogP contribution in [-0.2, 0) is 4.79 Å². The Labute approximate surface area is 108 Å². The summed E-state index contributed by atoms with van der Waals surface area (Å²) in [4.78, 5) is 11.7. The summed E-state index contributed by atoms with van der Waals surface area (Å²) in [7, 11) is 0. The zero-order chi connectivity index (χ0) is 12.3. The molecule has 1 aliphatic heterocycles. The summed E-state index contributed by atoms with van der Waals surface area (Å²) in [5.74, 6) is 2.79. The normalized spacial score (nSPS) is 54.5. The Bertz CT molecular complexity index is 343. The molecule has 0 spiro atoms. The Morgan fingerprint density at radius 1 is 1.00 bits per heavy atom. The molecule has 5 fully saturated rings. The molecule has 1 saturated heterocycles. The second kappa shape index (κ2) is 3.72. The molecule has 4 aliphatic carbocycles. The summed E-state index contributed by atoms with van der Waals surface area (Å²) < 4.78 is 0. The van der Waals surface area contributed by atoms with Gasteiger partial charge in [-0.2, -0.15) is 0 Å². The summed E-state index contributed by atoms with van der Waals surface area (Å²) in [5, 5.41) is 13.1. The Morgan fingerprint density at radius 3 is 2.06 bits per heavy atom. The Balaban J connectivity index is 1.61. The molecule has 2 atom stereocenters. The highest BCUT2D eigenvalue weighted by molar-refractivity contribution is 5.77. The molecule has 1 amide bonds. The first-order chi connectivity index (χ1) is 8.63. The highest BCUT2D eigenvalue weighted by Crippen LogP contribution is 2.61. The lowest BCUT2D eigenvalue weighted by molar-refractivity contribution is -0.135. The molecule has 2 N–H and O–H groups in total. The fourth-order valence-electron chi connectivity index (χ4n) is 5.89. The predicted octanol–water partition coefficient (Wildman–Crippen LogP) is 1.84. The van der Waals surface area contributed by atoms with E-state index < -0.39 is 6.10 Å². The number of nitrogens with one attached hydrogen (secondary N) is 1. The summed E-state index contributed by atoms with van der Waals surface area (Å²) in [5.41, 5.74) is 0.339. The molecule has 1 heterocycles. The SMILES string of the molecule is O=C1C[C@@H](O)C[C@@H](C23CC4CC(CC(C4)C2)C3)N1. The van der Waals surface area contributed by atoms with Crippen molar-refractivity contribution in [2.45, 2.75) is 63.5 Å². The lowest BCUT2D eigenvalue weighted by Crippen LogP contribution is -2.59. The van der Waals surface area contributed by atoms with Crippen molar-refractivity contribution in [3.05, 3.63) is 0 Å². The van der Waals surface area contributed by atoms with Crippen molar-refractivity contribution >= 4 is 5.91 Å². The molecule has 18 heavy (non-hydrogen) atoms. The van der Waals surface area contributed by atoms with Gasteiger partial charge in [-0.25, -0.2) is 0 Å². The Hall–Kier alpha value is -0.570. The van der Waals surface area contributed by atoms with Crippen molar-refractivity contribution in [2.75, 3.05) is 0 Å². The van der Waals surface area contributed by atoms with Crippen LogP contribution in [0.2, 0.25) is 0 Å². The first kappa shape index (κ1) is 11.3. The van der Waals surface area contributed by atoms with Gasteiger partial charge in [-0.15, -0.1) is 0 Å². The third-order valence-electron chi connectivity index (χ3n) is 6.09. The van der Waals surface area contributed by atoms with Gasteiger partial charge in [0.05, 0.1) is 12.5 Å². The van der Waals surface area contributed by atoms with Crippen molar-refractivity contribution in [2.24, 2.45) is 23.2 Å². The summed E-state index contributed by atoms with van der Waals surface area (Å²) in [6, 6.07) is 0.252. The van der Waals surface area contributed by atoms with Crippen molar-refractivity contribution in [1.29, 1.82) is 0 Å². The Morgan fingerprint density at radius 2 is 1.56 bits per heavy atom. The fraction of sp³-hybridized carbons (Fsp3) is 0.933. The average Bonchev–Trinajstić information content (AvgIpc) is 2.25. The molecule has 0 unspecified atom stereocenters. The maximum absolute atomic E-state index is 11.7. The summed E-state index contributed by atoms with van der Waals surface area (Å²) in [6.07, 6.45) is 8.90. The quantitative estimate of drug-likeness (QED) is 0.745. The molecule has 0 aromatic carbocycles. The maximum Gasteiger partial charge on any atom is 0.222 e. The van der Waals surface area contributed by atoms with Crippen LogP contribution in [0.3, 0.4) is 0 Å². The number of aliphatic hydroxyl groups excluding tert-OH is 1. The van der Waals surface area contributed by atoms with Crippen molar-refractivity contribution < 1.29 is 9.90 Å². The van der Waals surface area contributed by atoms with E-state index in [4.69, 9.17) is 0 Å². The van der Waals surface area contributed by atoms with Gasteiger partial charge in [0.1, 0.15) is 0 Å². The fourth-order valence-corrected chi connectivity index (χ4v) is 5.89. The lowest BCUT2D eigenvalue weighted by atomic mass is 9.47. The standard InChI is InChI=1S/C15H23NO2/c17-12-4-13(16-14(18)5-12)15-6-9-1-10(7-15)3-11(2-9)8-15/h9-13,17H,1-8H2,(H,16,18)/t9?,10?,11?,12-,13-,15?/m0/s1. The first-order valence-electron chi connectivity index (χ1n) is 7.60. The van der Waals surface area contributed by atoms with E-state index in [0.717, 1.165) is 24.2 Å². The molecule has 3 heteroatoms. The number of hydrogen-bond donors (Lipinski definition) is 2. The molecular formula is C15H23NO2. The smallest absolute Gasteiger partial charge is 0.222 e. The van der Waals surface area contributed by atoms with E-state index in [2.05, 4.69) is 5.32 Å². The molecule has 0 aromatic heterocycles. The molecule has 3 nitrogen and oxygen atoms in total. The van der Waals surface area contributed by atoms with Gasteiger partial charge in [0.15, 0.2) is 0 Å². The van der Waals surface area contributed by atoms with Crippen LogP contribution >= 0.6 is 0 Å². The summed E-state index contributed by atoms with van der Waals surface area (Å²) >= 11 is 0. The van der Waals surface area contributed by atoms with Crippen LogP contribution in [-0.4, -0.2) is 23.2 Å². The molecule has 0 aromatic rings. The maximum atomic E-state index is 11.7. The third-order valence-corrected chi connectivity index (χ3v) is 6.09. The van der Waals surface area contributed by atoms with Gasteiger partial charge < -0.3 is 10.4 Å². The number of aliphatic hydroxyl groups is 1. The molecule has 0 radical (unpaired) electrons. The van der Waals surface area contributed by atoms with E-state index in [9.17, 15) is 9.90 Å². The van der Waals surface area contributed by atoms with Crippen molar-refractivity contribution in [3.63, 3.8) is 0 Å². The summed E-state index contributed by atoms with van der Waals surface area (Å²) in [6.45, 7) is 0. The van der Waals surface area contributed by atoms with E-state index in [1.807, 2.05) is 0 Å². The molecule has 5 rings (SSSR count). The molecule has 4 saturated carbocycles.